The first-order valence-electron chi connectivity index (χ1n) is 6.33. The number of carbonyl (C=O) groups is 2. The molecule has 18 heavy (non-hydrogen) atoms. The first kappa shape index (κ1) is 11.8. The molecule has 1 aromatic carbocycles. The third-order valence-electron chi connectivity index (χ3n) is 3.49. The number of amides is 1. The van der Waals surface area contributed by atoms with Crippen molar-refractivity contribution >= 4 is 23.5 Å². The Hall–Kier alpha value is -1.29. The molecule has 1 atom stereocenters. The van der Waals surface area contributed by atoms with Gasteiger partial charge in [0.25, 0.3) is 0 Å². The molecule has 0 aromatic heterocycles. The molecule has 1 aliphatic carbocycles. The van der Waals surface area contributed by atoms with E-state index in [-0.39, 0.29) is 23.5 Å². The first-order valence-corrected chi connectivity index (χ1v) is 7.21. The SMILES string of the molecule is O=C1CC(=O)C(Sc2ccc3c(c2)CCCC3)N1. The van der Waals surface area contributed by atoms with Crippen LogP contribution in [-0.4, -0.2) is 17.1 Å². The number of aryl methyl sites for hydroxylation is 2. The van der Waals surface area contributed by atoms with Gasteiger partial charge in [-0.1, -0.05) is 17.8 Å². The summed E-state index contributed by atoms with van der Waals surface area (Å²) in [7, 11) is 0. The van der Waals surface area contributed by atoms with Crippen molar-refractivity contribution in [2.45, 2.75) is 42.4 Å². The lowest BCUT2D eigenvalue weighted by molar-refractivity contribution is -0.122. The number of fused-ring (bicyclic) bond motifs is 1. The van der Waals surface area contributed by atoms with Crippen LogP contribution in [0, 0.1) is 0 Å². The van der Waals surface area contributed by atoms with Crippen molar-refractivity contribution in [3.8, 4) is 0 Å². The van der Waals surface area contributed by atoms with Crippen molar-refractivity contribution in [3.63, 3.8) is 0 Å². The number of thioether (sulfide) groups is 1. The highest BCUT2D eigenvalue weighted by molar-refractivity contribution is 8.00. The number of hydrogen-bond acceptors (Lipinski definition) is 3. The molecule has 1 saturated heterocycles. The maximum Gasteiger partial charge on any atom is 0.228 e. The summed E-state index contributed by atoms with van der Waals surface area (Å²) in [6.45, 7) is 0. The zero-order valence-corrected chi connectivity index (χ0v) is 10.9. The Bertz CT molecular complexity index is 513. The average Bonchev–Trinajstić information content (AvgIpc) is 2.68. The smallest absolute Gasteiger partial charge is 0.228 e. The summed E-state index contributed by atoms with van der Waals surface area (Å²) >= 11 is 1.45. The molecule has 3 rings (SSSR count). The van der Waals surface area contributed by atoms with Crippen molar-refractivity contribution in [3.05, 3.63) is 29.3 Å². The van der Waals surface area contributed by atoms with Gasteiger partial charge in [0.1, 0.15) is 5.37 Å². The van der Waals surface area contributed by atoms with Gasteiger partial charge < -0.3 is 5.32 Å². The number of carbonyl (C=O) groups excluding carboxylic acids is 2. The Balaban J connectivity index is 1.77. The van der Waals surface area contributed by atoms with Gasteiger partial charge in [0.05, 0.1) is 6.42 Å². The third-order valence-corrected chi connectivity index (χ3v) is 4.64. The molecule has 1 unspecified atom stereocenters. The van der Waals surface area contributed by atoms with Crippen LogP contribution in [0.1, 0.15) is 30.4 Å². The van der Waals surface area contributed by atoms with Crippen molar-refractivity contribution in [1.82, 2.24) is 5.32 Å². The van der Waals surface area contributed by atoms with Crippen LogP contribution in [0.4, 0.5) is 0 Å². The minimum absolute atomic E-state index is 0.0114. The van der Waals surface area contributed by atoms with Gasteiger partial charge in [-0.3, -0.25) is 9.59 Å². The summed E-state index contributed by atoms with van der Waals surface area (Å²) in [5.74, 6) is -0.168. The molecule has 0 spiro atoms. The number of rotatable bonds is 2. The van der Waals surface area contributed by atoms with E-state index in [2.05, 4.69) is 23.5 Å². The fourth-order valence-electron chi connectivity index (χ4n) is 2.54. The molecular weight excluding hydrogens is 246 g/mol. The van der Waals surface area contributed by atoms with Gasteiger partial charge in [0, 0.05) is 4.90 Å². The van der Waals surface area contributed by atoms with Gasteiger partial charge in [-0.15, -0.1) is 0 Å². The van der Waals surface area contributed by atoms with Gasteiger partial charge in [-0.05, 0) is 48.9 Å². The van der Waals surface area contributed by atoms with E-state index in [0.29, 0.717) is 0 Å². The molecule has 0 bridgehead atoms. The zero-order valence-electron chi connectivity index (χ0n) is 10.1. The van der Waals surface area contributed by atoms with E-state index in [0.717, 1.165) is 11.3 Å². The second kappa shape index (κ2) is 4.76. The lowest BCUT2D eigenvalue weighted by Gasteiger charge is -2.17. The maximum absolute atomic E-state index is 11.6. The Labute approximate surface area is 110 Å². The molecule has 3 nitrogen and oxygen atoms in total. The van der Waals surface area contributed by atoms with Crippen LogP contribution in [0.3, 0.4) is 0 Å². The Morgan fingerprint density at radius 2 is 1.89 bits per heavy atom. The number of Topliss-reactive ketones (excluding diaryl/α,β-unsaturated/α-hetero) is 1. The van der Waals surface area contributed by atoms with E-state index in [1.54, 1.807) is 0 Å². The average molecular weight is 261 g/mol. The third kappa shape index (κ3) is 2.29. The summed E-state index contributed by atoms with van der Waals surface area (Å²) in [4.78, 5) is 23.8. The molecule has 0 radical (unpaired) electrons. The molecule has 4 heteroatoms. The summed E-state index contributed by atoms with van der Waals surface area (Å²) in [6.07, 6.45) is 4.85. The van der Waals surface area contributed by atoms with Gasteiger partial charge in [-0.2, -0.15) is 0 Å². The summed E-state index contributed by atoms with van der Waals surface area (Å²) < 4.78 is 0. The standard InChI is InChI=1S/C14H15NO2S/c16-12-8-13(17)15-14(12)18-11-6-5-9-3-1-2-4-10(9)7-11/h5-7,14H,1-4,8H2,(H,15,17). The van der Waals surface area contributed by atoms with Crippen molar-refractivity contribution < 1.29 is 9.59 Å². The number of nitrogens with one attached hydrogen (secondary N) is 1. The topological polar surface area (TPSA) is 46.2 Å². The fraction of sp³-hybridized carbons (Fsp3) is 0.429. The van der Waals surface area contributed by atoms with Crippen molar-refractivity contribution in [1.29, 1.82) is 0 Å². The number of hydrogen-bond donors (Lipinski definition) is 1. The van der Waals surface area contributed by atoms with E-state index in [1.165, 1.54) is 42.2 Å². The molecular formula is C14H15NO2S. The molecule has 0 saturated carbocycles. The monoisotopic (exact) mass is 261 g/mol. The summed E-state index contributed by atoms with van der Waals surface area (Å²) in [5.41, 5.74) is 2.84. The van der Waals surface area contributed by atoms with E-state index < -0.39 is 0 Å². The van der Waals surface area contributed by atoms with Crippen LogP contribution in [-0.2, 0) is 22.4 Å². The van der Waals surface area contributed by atoms with Crippen LogP contribution >= 0.6 is 11.8 Å². The van der Waals surface area contributed by atoms with Crippen molar-refractivity contribution in [2.75, 3.05) is 0 Å². The number of benzene rings is 1. The van der Waals surface area contributed by atoms with Crippen LogP contribution < -0.4 is 5.32 Å². The van der Waals surface area contributed by atoms with E-state index >= 15 is 0 Å². The van der Waals surface area contributed by atoms with Crippen LogP contribution in [0.5, 0.6) is 0 Å². The molecule has 94 valence electrons. The lowest BCUT2D eigenvalue weighted by Crippen LogP contribution is -2.25. The normalized spacial score (nSPS) is 22.8. The molecule has 1 heterocycles. The lowest BCUT2D eigenvalue weighted by atomic mass is 9.92. The largest absolute Gasteiger partial charge is 0.337 e. The Kier molecular flexibility index (Phi) is 3.12. The van der Waals surface area contributed by atoms with Crippen LogP contribution in [0.15, 0.2) is 23.1 Å². The summed E-state index contributed by atoms with van der Waals surface area (Å²) in [5, 5.41) is 2.32. The first-order chi connectivity index (χ1) is 8.72. The van der Waals surface area contributed by atoms with Gasteiger partial charge in [0.2, 0.25) is 5.91 Å². The van der Waals surface area contributed by atoms with Gasteiger partial charge >= 0.3 is 0 Å². The molecule has 1 aromatic rings. The molecule has 1 aliphatic heterocycles. The molecule has 1 fully saturated rings. The van der Waals surface area contributed by atoms with Gasteiger partial charge in [-0.25, -0.2) is 0 Å². The molecule has 1 amide bonds. The van der Waals surface area contributed by atoms with Crippen LogP contribution in [0.25, 0.3) is 0 Å². The van der Waals surface area contributed by atoms with Crippen LogP contribution in [0.2, 0.25) is 0 Å². The highest BCUT2D eigenvalue weighted by Gasteiger charge is 2.30. The zero-order chi connectivity index (χ0) is 12.5. The van der Waals surface area contributed by atoms with E-state index in [1.807, 2.05) is 0 Å². The molecule has 2 aliphatic rings. The minimum Gasteiger partial charge on any atom is -0.337 e. The quantitative estimate of drug-likeness (QED) is 0.829. The highest BCUT2D eigenvalue weighted by Crippen LogP contribution is 2.30. The second-order valence-electron chi connectivity index (χ2n) is 4.85. The predicted molar refractivity (Wildman–Crippen MR) is 70.5 cm³/mol. The van der Waals surface area contributed by atoms with Crippen molar-refractivity contribution in [2.24, 2.45) is 0 Å². The number of ketones is 1. The van der Waals surface area contributed by atoms with Gasteiger partial charge in [0.15, 0.2) is 5.78 Å². The predicted octanol–water partition coefficient (Wildman–Crippen LogP) is 2.07. The highest BCUT2D eigenvalue weighted by atomic mass is 32.2. The van der Waals surface area contributed by atoms with E-state index in [9.17, 15) is 9.59 Å². The minimum atomic E-state index is -0.390. The second-order valence-corrected chi connectivity index (χ2v) is 6.02. The maximum atomic E-state index is 11.6. The molecule has 1 N–H and O–H groups in total. The fourth-order valence-corrected chi connectivity index (χ4v) is 3.58. The Morgan fingerprint density at radius 3 is 2.61 bits per heavy atom. The summed E-state index contributed by atoms with van der Waals surface area (Å²) in [6, 6.07) is 6.40. The Morgan fingerprint density at radius 1 is 1.11 bits per heavy atom. The van der Waals surface area contributed by atoms with E-state index in [4.69, 9.17) is 0 Å².